The highest BCUT2D eigenvalue weighted by molar-refractivity contribution is 5.91. The number of imidazole rings is 1. The largest absolute Gasteiger partial charge is 0.333 e. The zero-order valence-electron chi connectivity index (χ0n) is 18.8. The first-order chi connectivity index (χ1) is 14.9. The minimum atomic E-state index is -0.497. The summed E-state index contributed by atoms with van der Waals surface area (Å²) in [5, 5.41) is 2.84. The molecule has 0 aliphatic carbocycles. The Morgan fingerprint density at radius 1 is 1.03 bits per heavy atom. The van der Waals surface area contributed by atoms with Crippen molar-refractivity contribution in [2.45, 2.75) is 73.0 Å². The van der Waals surface area contributed by atoms with Crippen LogP contribution in [0.5, 0.6) is 0 Å². The van der Waals surface area contributed by atoms with Crippen molar-refractivity contribution < 1.29 is 4.79 Å². The second-order valence-corrected chi connectivity index (χ2v) is 7.94. The van der Waals surface area contributed by atoms with Crippen molar-refractivity contribution >= 4 is 22.8 Å². The highest BCUT2D eigenvalue weighted by Gasteiger charge is 2.19. The fourth-order valence-corrected chi connectivity index (χ4v) is 3.61. The number of hydrogen-bond acceptors (Lipinski definition) is 4. The Hall–Kier alpha value is -3.16. The van der Waals surface area contributed by atoms with E-state index < -0.39 is 17.2 Å². The normalized spacial score (nSPS) is 11.2. The molecule has 8 heteroatoms. The maximum atomic E-state index is 13.2. The summed E-state index contributed by atoms with van der Waals surface area (Å²) in [6.07, 6.45) is 5.16. The van der Waals surface area contributed by atoms with Gasteiger partial charge < -0.3 is 9.88 Å². The number of hydrogen-bond donors (Lipinski definition) is 1. The van der Waals surface area contributed by atoms with Gasteiger partial charge in [-0.2, -0.15) is 0 Å². The molecule has 31 heavy (non-hydrogen) atoms. The molecule has 166 valence electrons. The third kappa shape index (κ3) is 4.62. The van der Waals surface area contributed by atoms with Crippen molar-refractivity contribution in [1.82, 2.24) is 18.7 Å². The molecule has 2 heterocycles. The summed E-state index contributed by atoms with van der Waals surface area (Å²) in [5.74, 6) is -0.408. The van der Waals surface area contributed by atoms with Gasteiger partial charge in [0.15, 0.2) is 11.2 Å². The molecule has 0 atom stereocenters. The number of unbranched alkanes of at least 4 members (excludes halogenated alkanes) is 2. The minimum absolute atomic E-state index is 0.341. The molecule has 3 rings (SSSR count). The lowest BCUT2D eigenvalue weighted by Crippen LogP contribution is -2.43. The van der Waals surface area contributed by atoms with Crippen molar-refractivity contribution in [3.63, 3.8) is 0 Å². The van der Waals surface area contributed by atoms with Gasteiger partial charge in [0.25, 0.3) is 5.56 Å². The van der Waals surface area contributed by atoms with Gasteiger partial charge in [-0.15, -0.1) is 0 Å². The Bertz CT molecular complexity index is 1200. The number of aromatic nitrogens is 4. The first kappa shape index (κ1) is 22.5. The van der Waals surface area contributed by atoms with Gasteiger partial charge in [0.05, 0.1) is 6.33 Å². The van der Waals surface area contributed by atoms with Crippen LogP contribution in [0.2, 0.25) is 0 Å². The molecule has 3 aromatic rings. The van der Waals surface area contributed by atoms with Crippen LogP contribution in [0.3, 0.4) is 0 Å². The van der Waals surface area contributed by atoms with Crippen molar-refractivity contribution in [3.8, 4) is 0 Å². The van der Waals surface area contributed by atoms with E-state index in [0.29, 0.717) is 29.9 Å². The number of carbonyl (C=O) groups is 1. The Morgan fingerprint density at radius 3 is 2.45 bits per heavy atom. The summed E-state index contributed by atoms with van der Waals surface area (Å²) < 4.78 is 4.35. The molecule has 1 aromatic carbocycles. The van der Waals surface area contributed by atoms with E-state index in [1.807, 2.05) is 39.0 Å². The number of nitrogens with zero attached hydrogens (tertiary/aromatic N) is 4. The smallest absolute Gasteiger partial charge is 0.325 e. The summed E-state index contributed by atoms with van der Waals surface area (Å²) >= 11 is 0. The van der Waals surface area contributed by atoms with Crippen LogP contribution < -0.4 is 16.6 Å². The molecule has 0 spiro atoms. The number of carbonyl (C=O) groups excluding carboxylic acids is 1. The summed E-state index contributed by atoms with van der Waals surface area (Å²) in [4.78, 5) is 43.5. The molecule has 0 radical (unpaired) electrons. The van der Waals surface area contributed by atoms with Crippen molar-refractivity contribution in [2.75, 3.05) is 5.32 Å². The predicted octanol–water partition coefficient (Wildman–Crippen LogP) is 3.22. The molecule has 0 unspecified atom stereocenters. The molecule has 0 fully saturated rings. The third-order valence-electron chi connectivity index (χ3n) is 5.65. The minimum Gasteiger partial charge on any atom is -0.325 e. The van der Waals surface area contributed by atoms with E-state index in [2.05, 4.69) is 17.2 Å². The van der Waals surface area contributed by atoms with E-state index in [1.165, 1.54) is 4.57 Å². The second kappa shape index (κ2) is 9.76. The topological polar surface area (TPSA) is 90.9 Å². The number of anilines is 1. The first-order valence-corrected chi connectivity index (χ1v) is 10.9. The molecule has 0 bridgehead atoms. The molecule has 0 saturated carbocycles. The Labute approximate surface area is 181 Å². The van der Waals surface area contributed by atoms with E-state index in [1.54, 1.807) is 10.9 Å². The van der Waals surface area contributed by atoms with Gasteiger partial charge in [0.1, 0.15) is 6.54 Å². The number of rotatable bonds is 9. The van der Waals surface area contributed by atoms with E-state index in [-0.39, 0.29) is 6.54 Å². The number of benzene rings is 1. The standard InChI is InChI=1S/C23H31N5O3/c1-5-7-12-26-15-24-21-20(26)22(30)28(23(31)27(21)13-8-6-2)14-19(29)25-18-11-9-10-16(3)17(18)4/h9-11,15H,5-8,12-14H2,1-4H3,(H,25,29). The molecular weight excluding hydrogens is 394 g/mol. The Balaban J connectivity index is 2.03. The first-order valence-electron chi connectivity index (χ1n) is 10.9. The quantitative estimate of drug-likeness (QED) is 0.570. The van der Waals surface area contributed by atoms with Gasteiger partial charge in [-0.1, -0.05) is 38.8 Å². The molecule has 0 aliphatic heterocycles. The fraction of sp³-hybridized carbons (Fsp3) is 0.478. The fourth-order valence-electron chi connectivity index (χ4n) is 3.61. The molecule has 1 amide bonds. The lowest BCUT2D eigenvalue weighted by Gasteiger charge is -2.14. The van der Waals surface area contributed by atoms with Crippen LogP contribution in [0.1, 0.15) is 50.7 Å². The monoisotopic (exact) mass is 425 g/mol. The molecule has 2 aromatic heterocycles. The summed E-state index contributed by atoms with van der Waals surface area (Å²) in [6, 6.07) is 5.64. The maximum absolute atomic E-state index is 13.2. The zero-order valence-corrected chi connectivity index (χ0v) is 18.8. The van der Waals surface area contributed by atoms with Gasteiger partial charge in [-0.05, 0) is 43.9 Å². The van der Waals surface area contributed by atoms with Crippen LogP contribution in [0.4, 0.5) is 5.69 Å². The molecule has 0 aliphatic rings. The van der Waals surface area contributed by atoms with Gasteiger partial charge in [0.2, 0.25) is 5.91 Å². The van der Waals surface area contributed by atoms with Crippen LogP contribution in [0, 0.1) is 13.8 Å². The lowest BCUT2D eigenvalue weighted by molar-refractivity contribution is -0.116. The van der Waals surface area contributed by atoms with Gasteiger partial charge in [-0.3, -0.25) is 14.2 Å². The Morgan fingerprint density at radius 2 is 1.74 bits per heavy atom. The van der Waals surface area contributed by atoms with Gasteiger partial charge in [0, 0.05) is 18.8 Å². The lowest BCUT2D eigenvalue weighted by atomic mass is 10.1. The van der Waals surface area contributed by atoms with Crippen LogP contribution in [-0.2, 0) is 24.4 Å². The van der Waals surface area contributed by atoms with Gasteiger partial charge in [-0.25, -0.2) is 14.3 Å². The number of fused-ring (bicyclic) bond motifs is 1. The van der Waals surface area contributed by atoms with E-state index in [9.17, 15) is 14.4 Å². The van der Waals surface area contributed by atoms with Crippen LogP contribution in [0.15, 0.2) is 34.1 Å². The highest BCUT2D eigenvalue weighted by atomic mass is 16.2. The number of aryl methyl sites for hydroxylation is 3. The average molecular weight is 426 g/mol. The molecular formula is C23H31N5O3. The highest BCUT2D eigenvalue weighted by Crippen LogP contribution is 2.18. The van der Waals surface area contributed by atoms with Gasteiger partial charge >= 0.3 is 5.69 Å². The van der Waals surface area contributed by atoms with Crippen molar-refractivity contribution in [2.24, 2.45) is 0 Å². The van der Waals surface area contributed by atoms with E-state index in [0.717, 1.165) is 41.4 Å². The molecule has 1 N–H and O–H groups in total. The summed E-state index contributed by atoms with van der Waals surface area (Å²) in [7, 11) is 0. The van der Waals surface area contributed by atoms with Crippen LogP contribution >= 0.6 is 0 Å². The molecule has 8 nitrogen and oxygen atoms in total. The number of nitrogens with one attached hydrogen (secondary N) is 1. The SMILES string of the molecule is CCCCn1cnc2c1c(=O)n(CC(=O)Nc1cccc(C)c1C)c(=O)n2CCCC. The molecule has 0 saturated heterocycles. The van der Waals surface area contributed by atoms with E-state index in [4.69, 9.17) is 0 Å². The summed E-state index contributed by atoms with van der Waals surface area (Å²) in [5.41, 5.74) is 2.49. The van der Waals surface area contributed by atoms with E-state index >= 15 is 0 Å². The summed E-state index contributed by atoms with van der Waals surface area (Å²) in [6.45, 7) is 8.76. The number of amides is 1. The third-order valence-corrected chi connectivity index (χ3v) is 5.65. The van der Waals surface area contributed by atoms with Crippen LogP contribution in [-0.4, -0.2) is 24.6 Å². The van der Waals surface area contributed by atoms with Crippen LogP contribution in [0.25, 0.3) is 11.2 Å². The Kier molecular flexibility index (Phi) is 7.09. The predicted molar refractivity (Wildman–Crippen MR) is 123 cm³/mol. The zero-order chi connectivity index (χ0) is 22.5. The average Bonchev–Trinajstić information content (AvgIpc) is 3.17. The second-order valence-electron chi connectivity index (χ2n) is 7.94. The van der Waals surface area contributed by atoms with Crippen molar-refractivity contribution in [1.29, 1.82) is 0 Å². The maximum Gasteiger partial charge on any atom is 0.333 e. The van der Waals surface area contributed by atoms with Crippen molar-refractivity contribution in [3.05, 3.63) is 56.5 Å².